The minimum Gasteiger partial charge on any atom is -0.286 e. The number of hydrogen-bond acceptors (Lipinski definition) is 2. The first-order valence-corrected chi connectivity index (χ1v) is 10.1. The van der Waals surface area contributed by atoms with E-state index in [9.17, 15) is 0 Å². The molecule has 1 fully saturated rings. The molecular weight excluding hydrogens is 340 g/mol. The molecule has 0 spiro atoms. The number of nitrogens with zero attached hydrogens (tertiary/aromatic N) is 2. The fourth-order valence-electron chi connectivity index (χ4n) is 4.51. The van der Waals surface area contributed by atoms with Gasteiger partial charge in [-0.25, -0.2) is 0 Å². The van der Waals surface area contributed by atoms with Crippen LogP contribution in [0.15, 0.2) is 96.1 Å². The maximum Gasteiger partial charge on any atom is 0.0775 e. The molecule has 142 valence electrons. The van der Waals surface area contributed by atoms with Gasteiger partial charge in [0.2, 0.25) is 0 Å². The molecule has 2 atom stereocenters. The fourth-order valence-corrected chi connectivity index (χ4v) is 4.51. The van der Waals surface area contributed by atoms with Crippen LogP contribution in [-0.4, -0.2) is 17.3 Å². The zero-order valence-corrected chi connectivity index (χ0v) is 16.7. The quantitative estimate of drug-likeness (QED) is 0.496. The van der Waals surface area contributed by atoms with Gasteiger partial charge in [0.15, 0.2) is 0 Å². The third-order valence-corrected chi connectivity index (χ3v) is 5.71. The van der Waals surface area contributed by atoms with Gasteiger partial charge in [-0.3, -0.25) is 5.01 Å². The Morgan fingerprint density at radius 1 is 0.857 bits per heavy atom. The largest absolute Gasteiger partial charge is 0.286 e. The zero-order chi connectivity index (χ0) is 19.4. The van der Waals surface area contributed by atoms with E-state index in [2.05, 4.69) is 104 Å². The van der Waals surface area contributed by atoms with Crippen LogP contribution in [0.5, 0.6) is 0 Å². The van der Waals surface area contributed by atoms with Crippen LogP contribution >= 0.6 is 0 Å². The van der Waals surface area contributed by atoms with Gasteiger partial charge in [-0.15, -0.1) is 0 Å². The molecule has 4 rings (SSSR count). The second-order valence-electron chi connectivity index (χ2n) is 8.38. The average Bonchev–Trinajstić information content (AvgIpc) is 2.97. The predicted octanol–water partition coefficient (Wildman–Crippen LogP) is 6.11. The Labute approximate surface area is 168 Å². The highest BCUT2D eigenvalue weighted by molar-refractivity contribution is 5.79. The van der Waals surface area contributed by atoms with Crippen LogP contribution in [-0.2, 0) is 6.42 Å². The average molecular weight is 369 g/mol. The van der Waals surface area contributed by atoms with Gasteiger partial charge in [-0.05, 0) is 34.9 Å². The first-order valence-electron chi connectivity index (χ1n) is 10.1. The highest BCUT2D eigenvalue weighted by Gasteiger charge is 2.46. The van der Waals surface area contributed by atoms with Crippen LogP contribution in [0, 0.1) is 5.41 Å². The maximum absolute atomic E-state index is 5.03. The Balaban J connectivity index is 1.69. The van der Waals surface area contributed by atoms with Crippen molar-refractivity contribution in [2.24, 2.45) is 10.5 Å². The van der Waals surface area contributed by atoms with Crippen LogP contribution in [0.1, 0.15) is 43.0 Å². The van der Waals surface area contributed by atoms with E-state index in [0.29, 0.717) is 6.04 Å². The summed E-state index contributed by atoms with van der Waals surface area (Å²) in [7, 11) is 0. The van der Waals surface area contributed by atoms with Crippen molar-refractivity contribution >= 4 is 6.21 Å². The van der Waals surface area contributed by atoms with Crippen molar-refractivity contribution in [3.8, 4) is 0 Å². The Morgan fingerprint density at radius 2 is 1.43 bits per heavy atom. The topological polar surface area (TPSA) is 15.6 Å². The smallest absolute Gasteiger partial charge is 0.0775 e. The van der Waals surface area contributed by atoms with Crippen molar-refractivity contribution in [2.45, 2.75) is 38.8 Å². The van der Waals surface area contributed by atoms with E-state index in [1.807, 2.05) is 12.3 Å². The molecule has 0 aliphatic carbocycles. The van der Waals surface area contributed by atoms with Gasteiger partial charge in [-0.1, -0.05) is 105 Å². The number of benzene rings is 3. The molecule has 1 aliphatic rings. The minimum atomic E-state index is 0.148. The third-order valence-electron chi connectivity index (χ3n) is 5.71. The summed E-state index contributed by atoms with van der Waals surface area (Å²) < 4.78 is 0. The molecule has 0 unspecified atom stereocenters. The van der Waals surface area contributed by atoms with Gasteiger partial charge < -0.3 is 0 Å². The van der Waals surface area contributed by atoms with Gasteiger partial charge in [0, 0.05) is 0 Å². The van der Waals surface area contributed by atoms with Crippen molar-refractivity contribution in [1.82, 2.24) is 5.01 Å². The van der Waals surface area contributed by atoms with Crippen LogP contribution < -0.4 is 0 Å². The van der Waals surface area contributed by atoms with Crippen LogP contribution in [0.3, 0.4) is 0 Å². The maximum atomic E-state index is 5.03. The van der Waals surface area contributed by atoms with Crippen molar-refractivity contribution in [1.29, 1.82) is 0 Å². The Morgan fingerprint density at radius 3 is 2.07 bits per heavy atom. The van der Waals surface area contributed by atoms with Gasteiger partial charge >= 0.3 is 0 Å². The molecular formula is C26H28N2. The van der Waals surface area contributed by atoms with Crippen molar-refractivity contribution < 1.29 is 0 Å². The summed E-state index contributed by atoms with van der Waals surface area (Å²) in [5.74, 6) is 0. The monoisotopic (exact) mass is 368 g/mol. The highest BCUT2D eigenvalue weighted by atomic mass is 15.5. The summed E-state index contributed by atoms with van der Waals surface area (Å²) in [6.45, 7) is 4.75. The lowest BCUT2D eigenvalue weighted by Gasteiger charge is -2.32. The molecule has 0 radical (unpaired) electrons. The molecule has 0 aromatic heterocycles. The van der Waals surface area contributed by atoms with E-state index in [1.54, 1.807) is 0 Å². The second kappa shape index (κ2) is 8.02. The normalized spacial score (nSPS) is 21.3. The molecule has 28 heavy (non-hydrogen) atoms. The number of hydrazone groups is 1. The molecule has 2 nitrogen and oxygen atoms in total. The number of rotatable bonds is 5. The van der Waals surface area contributed by atoms with Gasteiger partial charge in [0.1, 0.15) is 0 Å². The summed E-state index contributed by atoms with van der Waals surface area (Å²) in [6, 6.07) is 32.6. The summed E-state index contributed by atoms with van der Waals surface area (Å²) in [6.07, 6.45) is 4.14. The lowest BCUT2D eigenvalue weighted by molar-refractivity contribution is 0.162. The van der Waals surface area contributed by atoms with E-state index < -0.39 is 0 Å². The zero-order valence-electron chi connectivity index (χ0n) is 16.7. The number of hydrogen-bond donors (Lipinski definition) is 0. The minimum absolute atomic E-state index is 0.148. The third kappa shape index (κ3) is 4.01. The van der Waals surface area contributed by atoms with Gasteiger partial charge in [0.25, 0.3) is 0 Å². The Hall–Kier alpha value is -2.87. The standard InChI is InChI=1S/C26H28N2/c1-26(2)19-24(18-21-12-6-3-7-13-21)28(25(26)23-16-10-5-11-17-23)27-20-22-14-8-4-9-15-22/h3-17,20,24-25H,18-19H2,1-2H3/b27-20+/t24-,25+/m0/s1. The van der Waals surface area contributed by atoms with Crippen LogP contribution in [0.4, 0.5) is 0 Å². The van der Waals surface area contributed by atoms with E-state index in [1.165, 1.54) is 11.1 Å². The summed E-state index contributed by atoms with van der Waals surface area (Å²) in [5, 5.41) is 7.39. The van der Waals surface area contributed by atoms with Crippen molar-refractivity contribution in [2.75, 3.05) is 0 Å². The predicted molar refractivity (Wildman–Crippen MR) is 117 cm³/mol. The Kier molecular flexibility index (Phi) is 5.29. The molecule has 0 amide bonds. The molecule has 1 heterocycles. The molecule has 0 bridgehead atoms. The van der Waals surface area contributed by atoms with Crippen LogP contribution in [0.25, 0.3) is 0 Å². The first kappa shape index (κ1) is 18.5. The van der Waals surface area contributed by atoms with E-state index in [4.69, 9.17) is 5.10 Å². The Bertz CT molecular complexity index is 901. The first-order chi connectivity index (χ1) is 13.6. The van der Waals surface area contributed by atoms with Crippen LogP contribution in [0.2, 0.25) is 0 Å². The highest BCUT2D eigenvalue weighted by Crippen LogP contribution is 2.50. The van der Waals surface area contributed by atoms with Gasteiger partial charge in [-0.2, -0.15) is 5.10 Å². The van der Waals surface area contributed by atoms with Gasteiger partial charge in [0.05, 0.1) is 18.3 Å². The van der Waals surface area contributed by atoms with Crippen molar-refractivity contribution in [3.05, 3.63) is 108 Å². The van der Waals surface area contributed by atoms with Crippen molar-refractivity contribution in [3.63, 3.8) is 0 Å². The molecule has 1 aliphatic heterocycles. The molecule has 0 saturated carbocycles. The molecule has 3 aromatic rings. The molecule has 3 aromatic carbocycles. The van der Waals surface area contributed by atoms with E-state index in [-0.39, 0.29) is 11.5 Å². The molecule has 0 N–H and O–H groups in total. The van der Waals surface area contributed by atoms with E-state index in [0.717, 1.165) is 18.4 Å². The summed E-state index contributed by atoms with van der Waals surface area (Å²) >= 11 is 0. The second-order valence-corrected chi connectivity index (χ2v) is 8.38. The molecule has 1 saturated heterocycles. The lowest BCUT2D eigenvalue weighted by atomic mass is 9.80. The summed E-state index contributed by atoms with van der Waals surface area (Å²) in [4.78, 5) is 0. The van der Waals surface area contributed by atoms with E-state index >= 15 is 0 Å². The molecule has 2 heteroatoms. The fraction of sp³-hybridized carbons (Fsp3) is 0.269. The lowest BCUT2D eigenvalue weighted by Crippen LogP contribution is -2.30. The summed E-state index contributed by atoms with van der Waals surface area (Å²) in [5.41, 5.74) is 4.00. The SMILES string of the molecule is CC1(C)C[C@H](Cc2ccccc2)N(/N=C/c2ccccc2)[C@@H]1c1ccccc1.